The topological polar surface area (TPSA) is 106 Å². The zero-order valence-electron chi connectivity index (χ0n) is 13.4. The lowest BCUT2D eigenvalue weighted by atomic mass is 9.97. The molecular weight excluding hydrogens is 316 g/mol. The molecule has 1 aromatic heterocycles. The number of nitro groups is 1. The number of aromatic nitrogens is 1. The number of nitrogen functional groups attached to an aromatic ring is 1. The Morgan fingerprint density at radius 3 is 2.52 bits per heavy atom. The highest BCUT2D eigenvalue weighted by Gasteiger charge is 2.15. The van der Waals surface area contributed by atoms with Crippen molar-refractivity contribution >= 4 is 11.5 Å². The number of hydrogen-bond donors (Lipinski definition) is 1. The SMILES string of the molecule is Cc1cccc(-c2cc(-c3cccc([N+](=O)[O-])c3)nc(N)c2C#N)c1. The van der Waals surface area contributed by atoms with Gasteiger partial charge in [-0.2, -0.15) is 5.26 Å². The molecule has 6 heteroatoms. The molecule has 0 unspecified atom stereocenters. The molecular formula is C19H14N4O2. The zero-order valence-corrected chi connectivity index (χ0v) is 13.4. The van der Waals surface area contributed by atoms with Crippen LogP contribution in [0.25, 0.3) is 22.4 Å². The van der Waals surface area contributed by atoms with Crippen molar-refractivity contribution in [3.63, 3.8) is 0 Å². The Bertz CT molecular complexity index is 1020. The highest BCUT2D eigenvalue weighted by atomic mass is 16.6. The van der Waals surface area contributed by atoms with Crippen molar-refractivity contribution in [1.29, 1.82) is 5.26 Å². The number of non-ortho nitro benzene ring substituents is 1. The summed E-state index contributed by atoms with van der Waals surface area (Å²) in [4.78, 5) is 14.8. The van der Waals surface area contributed by atoms with Crippen molar-refractivity contribution in [2.75, 3.05) is 5.73 Å². The Morgan fingerprint density at radius 1 is 1.12 bits per heavy atom. The number of nitro benzene ring substituents is 1. The second-order valence-corrected chi connectivity index (χ2v) is 5.60. The van der Waals surface area contributed by atoms with Gasteiger partial charge < -0.3 is 5.73 Å². The van der Waals surface area contributed by atoms with Gasteiger partial charge in [0.1, 0.15) is 17.5 Å². The molecule has 25 heavy (non-hydrogen) atoms. The molecule has 6 nitrogen and oxygen atoms in total. The largest absolute Gasteiger partial charge is 0.383 e. The Hall–Kier alpha value is -3.72. The van der Waals surface area contributed by atoms with Gasteiger partial charge in [0.05, 0.1) is 10.6 Å². The van der Waals surface area contributed by atoms with E-state index < -0.39 is 4.92 Å². The second-order valence-electron chi connectivity index (χ2n) is 5.60. The van der Waals surface area contributed by atoms with Crippen molar-refractivity contribution in [2.45, 2.75) is 6.92 Å². The van der Waals surface area contributed by atoms with Gasteiger partial charge in [-0.1, -0.05) is 42.0 Å². The van der Waals surface area contributed by atoms with Crippen molar-refractivity contribution in [1.82, 2.24) is 4.98 Å². The van der Waals surface area contributed by atoms with E-state index in [1.165, 1.54) is 12.1 Å². The molecule has 0 spiro atoms. The highest BCUT2D eigenvalue weighted by molar-refractivity contribution is 5.80. The molecule has 0 saturated heterocycles. The Labute approximate surface area is 144 Å². The molecule has 0 amide bonds. The molecule has 0 radical (unpaired) electrons. The smallest absolute Gasteiger partial charge is 0.270 e. The van der Waals surface area contributed by atoms with E-state index in [2.05, 4.69) is 11.1 Å². The summed E-state index contributed by atoms with van der Waals surface area (Å²) in [6.45, 7) is 1.96. The van der Waals surface area contributed by atoms with E-state index in [1.807, 2.05) is 31.2 Å². The summed E-state index contributed by atoms with van der Waals surface area (Å²) in [5.41, 5.74) is 9.84. The van der Waals surface area contributed by atoms with Gasteiger partial charge in [-0.25, -0.2) is 4.98 Å². The van der Waals surface area contributed by atoms with Crippen molar-refractivity contribution in [3.05, 3.63) is 75.8 Å². The number of nitrogens with two attached hydrogens (primary N) is 1. The first-order valence-corrected chi connectivity index (χ1v) is 7.52. The van der Waals surface area contributed by atoms with E-state index >= 15 is 0 Å². The standard InChI is InChI=1S/C19H14N4O2/c1-12-4-2-5-13(8-12)16-10-18(22-19(21)17(16)11-20)14-6-3-7-15(9-14)23(24)25/h2-10H,1H3,(H2,21,22). The highest BCUT2D eigenvalue weighted by Crippen LogP contribution is 2.32. The van der Waals surface area contributed by atoms with E-state index in [1.54, 1.807) is 18.2 Å². The van der Waals surface area contributed by atoms with Crippen LogP contribution in [0.15, 0.2) is 54.6 Å². The third kappa shape index (κ3) is 3.16. The van der Waals surface area contributed by atoms with E-state index in [-0.39, 0.29) is 11.5 Å². The number of hydrogen-bond acceptors (Lipinski definition) is 5. The number of aryl methyl sites for hydroxylation is 1. The Kier molecular flexibility index (Phi) is 4.14. The zero-order chi connectivity index (χ0) is 18.0. The van der Waals surface area contributed by atoms with Crippen LogP contribution in [-0.4, -0.2) is 9.91 Å². The minimum absolute atomic E-state index is 0.0284. The van der Waals surface area contributed by atoms with Gasteiger partial charge in [-0.3, -0.25) is 10.1 Å². The van der Waals surface area contributed by atoms with Crippen LogP contribution < -0.4 is 5.73 Å². The van der Waals surface area contributed by atoms with Crippen LogP contribution in [-0.2, 0) is 0 Å². The molecule has 3 aromatic rings. The normalized spacial score (nSPS) is 10.2. The lowest BCUT2D eigenvalue weighted by Crippen LogP contribution is -2.00. The second kappa shape index (κ2) is 6.42. The summed E-state index contributed by atoms with van der Waals surface area (Å²) >= 11 is 0. The van der Waals surface area contributed by atoms with Crippen LogP contribution in [0.1, 0.15) is 11.1 Å². The van der Waals surface area contributed by atoms with Gasteiger partial charge in [0.2, 0.25) is 0 Å². The minimum Gasteiger partial charge on any atom is -0.383 e. The number of pyridine rings is 1. The van der Waals surface area contributed by atoms with Crippen LogP contribution in [0.5, 0.6) is 0 Å². The molecule has 0 saturated carbocycles. The van der Waals surface area contributed by atoms with Crippen LogP contribution in [0.2, 0.25) is 0 Å². The number of benzene rings is 2. The van der Waals surface area contributed by atoms with E-state index in [0.717, 1.165) is 11.1 Å². The van der Waals surface area contributed by atoms with Crippen molar-refractivity contribution < 1.29 is 4.92 Å². The first kappa shape index (κ1) is 16.1. The monoisotopic (exact) mass is 330 g/mol. The van der Waals surface area contributed by atoms with Gasteiger partial charge >= 0.3 is 0 Å². The summed E-state index contributed by atoms with van der Waals surface area (Å²) in [5.74, 6) is 0.100. The molecule has 2 N–H and O–H groups in total. The molecule has 0 atom stereocenters. The molecule has 0 aliphatic heterocycles. The van der Waals surface area contributed by atoms with Gasteiger partial charge in [0, 0.05) is 23.3 Å². The number of anilines is 1. The first-order chi connectivity index (χ1) is 12.0. The van der Waals surface area contributed by atoms with Crippen molar-refractivity contribution in [2.24, 2.45) is 0 Å². The molecule has 0 fully saturated rings. The summed E-state index contributed by atoms with van der Waals surface area (Å²) in [6.07, 6.45) is 0. The maximum atomic E-state index is 11.0. The summed E-state index contributed by atoms with van der Waals surface area (Å²) < 4.78 is 0. The van der Waals surface area contributed by atoms with Crippen LogP contribution in [0.4, 0.5) is 11.5 Å². The van der Waals surface area contributed by atoms with E-state index in [0.29, 0.717) is 22.4 Å². The summed E-state index contributed by atoms with van der Waals surface area (Å²) in [5, 5.41) is 20.4. The number of nitriles is 1. The van der Waals surface area contributed by atoms with Crippen LogP contribution in [0, 0.1) is 28.4 Å². The molecule has 2 aromatic carbocycles. The van der Waals surface area contributed by atoms with Gasteiger partial charge in [0.15, 0.2) is 0 Å². The molecule has 122 valence electrons. The van der Waals surface area contributed by atoms with E-state index in [9.17, 15) is 15.4 Å². The number of nitrogens with zero attached hydrogens (tertiary/aromatic N) is 3. The number of rotatable bonds is 3. The third-order valence-electron chi connectivity index (χ3n) is 3.84. The molecule has 3 rings (SSSR count). The Balaban J connectivity index is 2.22. The predicted molar refractivity (Wildman–Crippen MR) is 95.6 cm³/mol. The van der Waals surface area contributed by atoms with Gasteiger partial charge in [-0.15, -0.1) is 0 Å². The average Bonchev–Trinajstić information content (AvgIpc) is 2.61. The van der Waals surface area contributed by atoms with Crippen LogP contribution >= 0.6 is 0 Å². The third-order valence-corrected chi connectivity index (χ3v) is 3.84. The maximum Gasteiger partial charge on any atom is 0.270 e. The average molecular weight is 330 g/mol. The fraction of sp³-hybridized carbons (Fsp3) is 0.0526. The Morgan fingerprint density at radius 2 is 1.84 bits per heavy atom. The first-order valence-electron chi connectivity index (χ1n) is 7.52. The van der Waals surface area contributed by atoms with Gasteiger partial charge in [-0.05, 0) is 18.6 Å². The molecule has 0 bridgehead atoms. The van der Waals surface area contributed by atoms with Gasteiger partial charge in [0.25, 0.3) is 5.69 Å². The molecule has 0 aliphatic carbocycles. The predicted octanol–water partition coefficient (Wildman–Crippen LogP) is 4.09. The molecule has 1 heterocycles. The lowest BCUT2D eigenvalue weighted by molar-refractivity contribution is -0.384. The van der Waals surface area contributed by atoms with Crippen molar-refractivity contribution in [3.8, 4) is 28.5 Å². The summed E-state index contributed by atoms with van der Waals surface area (Å²) in [6, 6.07) is 17.7. The fourth-order valence-corrected chi connectivity index (χ4v) is 2.65. The maximum absolute atomic E-state index is 11.0. The fourth-order valence-electron chi connectivity index (χ4n) is 2.65. The van der Waals surface area contributed by atoms with E-state index in [4.69, 9.17) is 5.73 Å². The van der Waals surface area contributed by atoms with Crippen LogP contribution in [0.3, 0.4) is 0 Å². The lowest BCUT2D eigenvalue weighted by Gasteiger charge is -2.11. The molecule has 0 aliphatic rings. The summed E-state index contributed by atoms with van der Waals surface area (Å²) in [7, 11) is 0. The minimum atomic E-state index is -0.460. The quantitative estimate of drug-likeness (QED) is 0.575.